The summed E-state index contributed by atoms with van der Waals surface area (Å²) >= 11 is 0. The van der Waals surface area contributed by atoms with Gasteiger partial charge in [0.25, 0.3) is 0 Å². The highest BCUT2D eigenvalue weighted by atomic mass is 19.1. The Bertz CT molecular complexity index is 891. The standard InChI is InChI=1S/C21H25FN2O4/c1-13-12-27-19-18(23(13)20(25)28-21(3,4)5)11-16(14(2)24(19)26)10-15-6-8-17(22)9-7-15/h6-9,11,13H,10,12H2,1-5H3. The number of carbonyl (C=O) groups excluding carboxylic acids is 1. The van der Waals surface area contributed by atoms with Crippen molar-refractivity contribution >= 4 is 11.8 Å². The predicted octanol–water partition coefficient (Wildman–Crippen LogP) is 3.88. The van der Waals surface area contributed by atoms with E-state index in [1.54, 1.807) is 45.9 Å². The third kappa shape index (κ3) is 4.03. The van der Waals surface area contributed by atoms with Gasteiger partial charge in [-0.15, -0.1) is 4.73 Å². The molecule has 0 bridgehead atoms. The number of aromatic nitrogens is 1. The second-order valence-corrected chi connectivity index (χ2v) is 8.05. The van der Waals surface area contributed by atoms with Crippen molar-refractivity contribution in [2.45, 2.75) is 52.7 Å². The molecule has 0 radical (unpaired) electrons. The van der Waals surface area contributed by atoms with Crippen molar-refractivity contribution in [3.63, 3.8) is 0 Å². The molecular weight excluding hydrogens is 363 g/mol. The van der Waals surface area contributed by atoms with Gasteiger partial charge in [-0.05, 0) is 51.5 Å². The average Bonchev–Trinajstić information content (AvgIpc) is 2.59. The van der Waals surface area contributed by atoms with Crippen molar-refractivity contribution in [2.24, 2.45) is 0 Å². The number of amides is 1. The molecule has 1 atom stereocenters. The monoisotopic (exact) mass is 388 g/mol. The normalized spacial score (nSPS) is 16.4. The van der Waals surface area contributed by atoms with Crippen LogP contribution in [-0.4, -0.2) is 24.3 Å². The number of anilines is 1. The predicted molar refractivity (Wildman–Crippen MR) is 103 cm³/mol. The molecule has 2 heterocycles. The third-order valence-corrected chi connectivity index (χ3v) is 4.54. The highest BCUT2D eigenvalue weighted by Gasteiger charge is 2.38. The minimum Gasteiger partial charge on any atom is -0.616 e. The molecule has 0 spiro atoms. The Morgan fingerprint density at radius 3 is 2.61 bits per heavy atom. The first kappa shape index (κ1) is 19.9. The van der Waals surface area contributed by atoms with Gasteiger partial charge in [0, 0.05) is 18.9 Å². The molecule has 2 aromatic rings. The van der Waals surface area contributed by atoms with E-state index in [4.69, 9.17) is 9.47 Å². The van der Waals surface area contributed by atoms with Gasteiger partial charge in [0.2, 0.25) is 0 Å². The number of nitrogens with zero attached hydrogens (tertiary/aromatic N) is 2. The van der Waals surface area contributed by atoms with E-state index < -0.39 is 11.7 Å². The Kier molecular flexibility index (Phi) is 5.19. The van der Waals surface area contributed by atoms with Crippen LogP contribution in [0.25, 0.3) is 0 Å². The number of rotatable bonds is 2. The molecule has 0 aliphatic carbocycles. The van der Waals surface area contributed by atoms with Crippen LogP contribution in [0.1, 0.15) is 44.5 Å². The molecule has 0 saturated carbocycles. The first-order valence-corrected chi connectivity index (χ1v) is 9.22. The number of carbonyl (C=O) groups is 1. The fraction of sp³-hybridized carbons (Fsp3) is 0.429. The summed E-state index contributed by atoms with van der Waals surface area (Å²) in [7, 11) is 0. The van der Waals surface area contributed by atoms with Crippen molar-refractivity contribution in [1.82, 2.24) is 0 Å². The molecule has 1 aliphatic rings. The van der Waals surface area contributed by atoms with Crippen LogP contribution in [0.4, 0.5) is 14.9 Å². The van der Waals surface area contributed by atoms with E-state index in [-0.39, 0.29) is 24.3 Å². The molecule has 1 aliphatic heterocycles. The lowest BCUT2D eigenvalue weighted by Gasteiger charge is -2.35. The summed E-state index contributed by atoms with van der Waals surface area (Å²) in [5.41, 5.74) is 1.78. The van der Waals surface area contributed by atoms with Crippen LogP contribution >= 0.6 is 0 Å². The molecule has 0 saturated heterocycles. The van der Waals surface area contributed by atoms with Crippen LogP contribution in [0.2, 0.25) is 0 Å². The number of benzene rings is 1. The van der Waals surface area contributed by atoms with Gasteiger partial charge < -0.3 is 14.7 Å². The van der Waals surface area contributed by atoms with Crippen molar-refractivity contribution in [3.05, 3.63) is 58.2 Å². The maximum atomic E-state index is 13.2. The fourth-order valence-corrected chi connectivity index (χ4v) is 3.13. The lowest BCUT2D eigenvalue weighted by molar-refractivity contribution is -0.619. The second kappa shape index (κ2) is 7.30. The molecule has 6 nitrogen and oxygen atoms in total. The summed E-state index contributed by atoms with van der Waals surface area (Å²) in [4.78, 5) is 14.2. The molecule has 0 N–H and O–H groups in total. The minimum absolute atomic E-state index is 0.0873. The Hall–Kier alpha value is -2.83. The van der Waals surface area contributed by atoms with Gasteiger partial charge in [-0.25, -0.2) is 9.18 Å². The summed E-state index contributed by atoms with van der Waals surface area (Å²) in [6.45, 7) is 9.11. The van der Waals surface area contributed by atoms with Crippen LogP contribution in [0.15, 0.2) is 30.3 Å². The van der Waals surface area contributed by atoms with Gasteiger partial charge in [-0.1, -0.05) is 12.1 Å². The lowest BCUT2D eigenvalue weighted by Crippen LogP contribution is -2.50. The Balaban J connectivity index is 2.03. The largest absolute Gasteiger partial charge is 0.616 e. The van der Waals surface area contributed by atoms with Gasteiger partial charge in [0.15, 0.2) is 11.4 Å². The van der Waals surface area contributed by atoms with Crippen LogP contribution in [0.5, 0.6) is 5.88 Å². The van der Waals surface area contributed by atoms with Crippen LogP contribution < -0.4 is 14.4 Å². The highest BCUT2D eigenvalue weighted by Crippen LogP contribution is 2.34. The molecule has 3 rings (SSSR count). The van der Waals surface area contributed by atoms with Crippen molar-refractivity contribution in [1.29, 1.82) is 0 Å². The molecule has 1 aromatic heterocycles. The molecule has 1 unspecified atom stereocenters. The number of ether oxygens (including phenoxy) is 2. The topological polar surface area (TPSA) is 65.7 Å². The SMILES string of the molecule is Cc1c(Cc2ccc(F)cc2)cc2c([n+]1[O-])OCC(C)N2C(=O)OC(C)(C)C. The lowest BCUT2D eigenvalue weighted by atomic mass is 10.0. The molecule has 1 amide bonds. The first-order valence-electron chi connectivity index (χ1n) is 9.22. The van der Waals surface area contributed by atoms with Gasteiger partial charge in [0.05, 0.1) is 6.04 Å². The number of pyridine rings is 1. The van der Waals surface area contributed by atoms with Crippen molar-refractivity contribution < 1.29 is 23.4 Å². The van der Waals surface area contributed by atoms with E-state index in [1.165, 1.54) is 17.0 Å². The number of hydrogen-bond donors (Lipinski definition) is 0. The first-order chi connectivity index (χ1) is 13.1. The van der Waals surface area contributed by atoms with E-state index in [9.17, 15) is 14.4 Å². The summed E-state index contributed by atoms with van der Waals surface area (Å²) in [6.07, 6.45) is -0.0980. The van der Waals surface area contributed by atoms with E-state index in [2.05, 4.69) is 0 Å². The second-order valence-electron chi connectivity index (χ2n) is 8.05. The molecule has 7 heteroatoms. The summed E-state index contributed by atoms with van der Waals surface area (Å²) in [5.74, 6) is -0.229. The zero-order valence-corrected chi connectivity index (χ0v) is 16.8. The smallest absolute Gasteiger partial charge is 0.415 e. The minimum atomic E-state index is -0.662. The van der Waals surface area contributed by atoms with Gasteiger partial charge in [0.1, 0.15) is 18.0 Å². The summed E-state index contributed by atoms with van der Waals surface area (Å²) in [5, 5.41) is 12.8. The molecular formula is C21H25FN2O4. The van der Waals surface area contributed by atoms with Crippen molar-refractivity contribution in [2.75, 3.05) is 11.5 Å². The molecule has 28 heavy (non-hydrogen) atoms. The molecule has 0 fully saturated rings. The van der Waals surface area contributed by atoms with Crippen LogP contribution in [0.3, 0.4) is 0 Å². The molecule has 150 valence electrons. The van der Waals surface area contributed by atoms with Gasteiger partial charge in [-0.3, -0.25) is 4.90 Å². The average molecular weight is 388 g/mol. The Morgan fingerprint density at radius 1 is 1.36 bits per heavy atom. The maximum Gasteiger partial charge on any atom is 0.415 e. The van der Waals surface area contributed by atoms with Crippen molar-refractivity contribution in [3.8, 4) is 5.88 Å². The highest BCUT2D eigenvalue weighted by molar-refractivity contribution is 5.90. The zero-order chi connectivity index (χ0) is 20.6. The Labute approximate surface area is 164 Å². The number of halogens is 1. The third-order valence-electron chi connectivity index (χ3n) is 4.54. The summed E-state index contributed by atoms with van der Waals surface area (Å²) in [6, 6.07) is 7.60. The van der Waals surface area contributed by atoms with E-state index >= 15 is 0 Å². The maximum absolute atomic E-state index is 13.2. The zero-order valence-electron chi connectivity index (χ0n) is 16.8. The van der Waals surface area contributed by atoms with E-state index in [0.29, 0.717) is 22.5 Å². The van der Waals surface area contributed by atoms with E-state index in [1.807, 2.05) is 6.92 Å². The number of hydrogen-bond acceptors (Lipinski definition) is 4. The van der Waals surface area contributed by atoms with Crippen LogP contribution in [-0.2, 0) is 11.2 Å². The Morgan fingerprint density at radius 2 is 2.00 bits per heavy atom. The quantitative estimate of drug-likeness (QED) is 0.578. The molecule has 1 aromatic carbocycles. The van der Waals surface area contributed by atoms with E-state index in [0.717, 1.165) is 11.1 Å². The van der Waals surface area contributed by atoms with Gasteiger partial charge >= 0.3 is 12.0 Å². The van der Waals surface area contributed by atoms with Crippen LogP contribution in [0, 0.1) is 17.9 Å². The summed E-state index contributed by atoms with van der Waals surface area (Å²) < 4.78 is 25.0. The van der Waals surface area contributed by atoms with Gasteiger partial charge in [-0.2, -0.15) is 0 Å². The fourth-order valence-electron chi connectivity index (χ4n) is 3.13. The number of fused-ring (bicyclic) bond motifs is 1.